The average molecular weight is 253 g/mol. The van der Waals surface area contributed by atoms with Gasteiger partial charge in [-0.1, -0.05) is 6.07 Å². The smallest absolute Gasteiger partial charge is 0.396 e. The zero-order valence-corrected chi connectivity index (χ0v) is 10.5. The fourth-order valence-corrected chi connectivity index (χ4v) is 1.44. The molecule has 1 aromatic carbocycles. The lowest BCUT2D eigenvalue weighted by molar-refractivity contribution is -0.152. The average Bonchev–Trinajstić information content (AvgIpc) is 2.43. The van der Waals surface area contributed by atoms with E-state index in [1.165, 1.54) is 14.2 Å². The fraction of sp³-hybridized carbons (Fsp3) is 0.333. The third kappa shape index (κ3) is 3.13. The molecule has 0 saturated carbocycles. The normalized spacial score (nSPS) is 9.50. The van der Waals surface area contributed by atoms with Gasteiger partial charge in [-0.25, -0.2) is 4.79 Å². The molecule has 0 heterocycles. The Morgan fingerprint density at radius 1 is 1.11 bits per heavy atom. The summed E-state index contributed by atoms with van der Waals surface area (Å²) >= 11 is 0. The predicted molar refractivity (Wildman–Crippen MR) is 63.4 cm³/mol. The van der Waals surface area contributed by atoms with E-state index in [0.29, 0.717) is 17.1 Å². The summed E-state index contributed by atoms with van der Waals surface area (Å²) in [5.74, 6) is -0.617. The van der Waals surface area contributed by atoms with Crippen molar-refractivity contribution < 1.29 is 23.8 Å². The lowest BCUT2D eigenvalue weighted by Crippen LogP contribution is -2.31. The van der Waals surface area contributed by atoms with Crippen molar-refractivity contribution in [3.05, 3.63) is 23.8 Å². The molecule has 98 valence electrons. The fourth-order valence-electron chi connectivity index (χ4n) is 1.44. The molecule has 0 aliphatic carbocycles. The Hall–Kier alpha value is -2.24. The molecule has 6 heteroatoms. The summed E-state index contributed by atoms with van der Waals surface area (Å²) in [7, 11) is 4.17. The van der Waals surface area contributed by atoms with Gasteiger partial charge in [0.15, 0.2) is 0 Å². The molecule has 0 bridgehead atoms. The summed E-state index contributed by atoms with van der Waals surface area (Å²) in [5, 5.41) is 2.43. The van der Waals surface area contributed by atoms with E-state index in [4.69, 9.17) is 9.47 Å². The summed E-state index contributed by atoms with van der Waals surface area (Å²) in [6.07, 6.45) is 0. The van der Waals surface area contributed by atoms with Crippen LogP contribution < -0.4 is 14.8 Å². The van der Waals surface area contributed by atoms with Crippen molar-refractivity contribution in [1.29, 1.82) is 0 Å². The molecule has 6 nitrogen and oxygen atoms in total. The molecule has 1 N–H and O–H groups in total. The standard InChI is InChI=1S/C12H15NO5/c1-16-9-5-4-6-10(17-2)8(9)7-13-11(14)12(15)18-3/h4-6H,7H2,1-3H3,(H,13,14). The van der Waals surface area contributed by atoms with Crippen LogP contribution in [0.2, 0.25) is 0 Å². The molecular formula is C12H15NO5. The van der Waals surface area contributed by atoms with Crippen molar-refractivity contribution in [2.75, 3.05) is 21.3 Å². The monoisotopic (exact) mass is 253 g/mol. The van der Waals surface area contributed by atoms with Crippen LogP contribution in [0.15, 0.2) is 18.2 Å². The number of rotatable bonds is 4. The summed E-state index contributed by atoms with van der Waals surface area (Å²) < 4.78 is 14.6. The van der Waals surface area contributed by atoms with E-state index in [2.05, 4.69) is 10.1 Å². The van der Waals surface area contributed by atoms with Crippen LogP contribution in [0.5, 0.6) is 11.5 Å². The topological polar surface area (TPSA) is 73.9 Å². The van der Waals surface area contributed by atoms with Crippen LogP contribution >= 0.6 is 0 Å². The van der Waals surface area contributed by atoms with Crippen LogP contribution in [0.3, 0.4) is 0 Å². The molecule has 0 atom stereocenters. The molecule has 1 aromatic rings. The van der Waals surface area contributed by atoms with E-state index in [1.807, 2.05) is 0 Å². The maximum atomic E-state index is 11.3. The highest BCUT2D eigenvalue weighted by atomic mass is 16.5. The summed E-state index contributed by atoms with van der Waals surface area (Å²) in [5.41, 5.74) is 0.653. The van der Waals surface area contributed by atoms with E-state index in [9.17, 15) is 9.59 Å². The van der Waals surface area contributed by atoms with Gasteiger partial charge in [-0.2, -0.15) is 0 Å². The molecule has 0 aromatic heterocycles. The van der Waals surface area contributed by atoms with Crippen LogP contribution in [0, 0.1) is 0 Å². The molecule has 1 amide bonds. The Bertz CT molecular complexity index is 422. The number of esters is 1. The van der Waals surface area contributed by atoms with Gasteiger partial charge in [-0.15, -0.1) is 0 Å². The number of benzene rings is 1. The first-order valence-corrected chi connectivity index (χ1v) is 5.20. The van der Waals surface area contributed by atoms with Crippen LogP contribution in [0.1, 0.15) is 5.56 Å². The van der Waals surface area contributed by atoms with Gasteiger partial charge in [0, 0.05) is 0 Å². The van der Waals surface area contributed by atoms with Crippen molar-refractivity contribution in [2.45, 2.75) is 6.54 Å². The van der Waals surface area contributed by atoms with Gasteiger partial charge < -0.3 is 19.5 Å². The van der Waals surface area contributed by atoms with Gasteiger partial charge in [-0.3, -0.25) is 4.79 Å². The highest BCUT2D eigenvalue weighted by molar-refractivity contribution is 6.32. The second-order valence-corrected chi connectivity index (χ2v) is 3.32. The molecule has 0 unspecified atom stereocenters. The Labute approximate surface area is 105 Å². The highest BCUT2D eigenvalue weighted by Crippen LogP contribution is 2.27. The van der Waals surface area contributed by atoms with Crippen LogP contribution in [-0.4, -0.2) is 33.2 Å². The second-order valence-electron chi connectivity index (χ2n) is 3.32. The minimum atomic E-state index is -0.941. The highest BCUT2D eigenvalue weighted by Gasteiger charge is 2.16. The van der Waals surface area contributed by atoms with Gasteiger partial charge in [0.1, 0.15) is 11.5 Å². The molecule has 0 aliphatic rings. The van der Waals surface area contributed by atoms with Crippen LogP contribution in [0.25, 0.3) is 0 Å². The van der Waals surface area contributed by atoms with E-state index in [0.717, 1.165) is 7.11 Å². The van der Waals surface area contributed by atoms with Crippen molar-refractivity contribution >= 4 is 11.9 Å². The molecule has 1 rings (SSSR count). The minimum Gasteiger partial charge on any atom is -0.496 e. The quantitative estimate of drug-likeness (QED) is 0.624. The SMILES string of the molecule is COC(=O)C(=O)NCc1c(OC)cccc1OC. The van der Waals surface area contributed by atoms with Crippen LogP contribution in [0.4, 0.5) is 0 Å². The Morgan fingerprint density at radius 2 is 1.67 bits per heavy atom. The number of ether oxygens (including phenoxy) is 3. The number of hydrogen-bond donors (Lipinski definition) is 1. The number of carbonyl (C=O) groups is 2. The van der Waals surface area contributed by atoms with Crippen LogP contribution in [-0.2, 0) is 20.9 Å². The van der Waals surface area contributed by atoms with E-state index in [1.54, 1.807) is 18.2 Å². The van der Waals surface area contributed by atoms with Crippen molar-refractivity contribution in [1.82, 2.24) is 5.32 Å². The first-order valence-electron chi connectivity index (χ1n) is 5.20. The Kier molecular flexibility index (Phi) is 4.98. The van der Waals surface area contributed by atoms with E-state index in [-0.39, 0.29) is 6.54 Å². The zero-order valence-electron chi connectivity index (χ0n) is 10.5. The molecule has 0 radical (unpaired) electrons. The molecule has 0 fully saturated rings. The van der Waals surface area contributed by atoms with Gasteiger partial charge in [0.2, 0.25) is 0 Å². The molecule has 0 spiro atoms. The first-order chi connectivity index (χ1) is 8.63. The predicted octanol–water partition coefficient (Wildman–Crippen LogP) is 0.493. The number of methoxy groups -OCH3 is 3. The number of carbonyl (C=O) groups excluding carboxylic acids is 2. The summed E-state index contributed by atoms with van der Waals surface area (Å²) in [4.78, 5) is 22.2. The second kappa shape index (κ2) is 6.48. The number of amides is 1. The third-order valence-corrected chi connectivity index (χ3v) is 2.33. The Morgan fingerprint density at radius 3 is 2.11 bits per heavy atom. The lowest BCUT2D eigenvalue weighted by Gasteiger charge is -2.13. The van der Waals surface area contributed by atoms with Crippen molar-refractivity contribution in [3.8, 4) is 11.5 Å². The largest absolute Gasteiger partial charge is 0.496 e. The zero-order chi connectivity index (χ0) is 13.5. The van der Waals surface area contributed by atoms with Gasteiger partial charge in [0.25, 0.3) is 0 Å². The molecular weight excluding hydrogens is 238 g/mol. The van der Waals surface area contributed by atoms with Gasteiger partial charge in [0.05, 0.1) is 33.4 Å². The first kappa shape index (κ1) is 13.8. The maximum absolute atomic E-state index is 11.3. The number of hydrogen-bond acceptors (Lipinski definition) is 5. The molecule has 0 saturated heterocycles. The molecule has 18 heavy (non-hydrogen) atoms. The number of nitrogens with one attached hydrogen (secondary N) is 1. The maximum Gasteiger partial charge on any atom is 0.396 e. The van der Waals surface area contributed by atoms with Crippen molar-refractivity contribution in [2.24, 2.45) is 0 Å². The minimum absolute atomic E-state index is 0.112. The van der Waals surface area contributed by atoms with Gasteiger partial charge in [-0.05, 0) is 12.1 Å². The lowest BCUT2D eigenvalue weighted by atomic mass is 10.1. The summed E-state index contributed by atoms with van der Waals surface area (Å²) in [6.45, 7) is 0.112. The van der Waals surface area contributed by atoms with Gasteiger partial charge >= 0.3 is 11.9 Å². The Balaban J connectivity index is 2.83. The van der Waals surface area contributed by atoms with E-state index >= 15 is 0 Å². The van der Waals surface area contributed by atoms with E-state index < -0.39 is 11.9 Å². The van der Waals surface area contributed by atoms with Crippen molar-refractivity contribution in [3.63, 3.8) is 0 Å². The third-order valence-electron chi connectivity index (χ3n) is 2.33. The molecule has 0 aliphatic heterocycles. The summed E-state index contributed by atoms with van der Waals surface area (Å²) in [6, 6.07) is 5.24.